The smallest absolute Gasteiger partial charge is 0.233 e. The summed E-state index contributed by atoms with van der Waals surface area (Å²) >= 11 is 0. The van der Waals surface area contributed by atoms with Crippen molar-refractivity contribution >= 4 is 11.6 Å². The van der Waals surface area contributed by atoms with Crippen molar-refractivity contribution in [3.63, 3.8) is 0 Å². The maximum absolute atomic E-state index is 13.4. The first-order valence-corrected chi connectivity index (χ1v) is 10.6. The van der Waals surface area contributed by atoms with Crippen LogP contribution in [0.4, 0.5) is 0 Å². The van der Waals surface area contributed by atoms with Crippen LogP contribution in [0.2, 0.25) is 0 Å². The van der Waals surface area contributed by atoms with Gasteiger partial charge in [0.2, 0.25) is 5.91 Å². The Labute approximate surface area is 162 Å². The van der Waals surface area contributed by atoms with Gasteiger partial charge in [-0.1, -0.05) is 25.1 Å². The summed E-state index contributed by atoms with van der Waals surface area (Å²) in [5.41, 5.74) is 5.05. The zero-order valence-electron chi connectivity index (χ0n) is 16.6. The fraction of sp³-hybridized carbons (Fsp3) is 0.609. The average molecular weight is 366 g/mol. The number of hydrogen-bond acceptors (Lipinski definition) is 3. The molecule has 2 fully saturated rings. The molecule has 1 N–H and O–H groups in total. The highest BCUT2D eigenvalue weighted by atomic mass is 16.2. The van der Waals surface area contributed by atoms with Gasteiger partial charge in [0, 0.05) is 24.8 Å². The maximum atomic E-state index is 13.4. The third-order valence-electron chi connectivity index (χ3n) is 7.19. The van der Waals surface area contributed by atoms with Gasteiger partial charge in [-0.2, -0.15) is 0 Å². The topological polar surface area (TPSA) is 35.6 Å². The lowest BCUT2D eigenvalue weighted by molar-refractivity contribution is -0.139. The number of hydrogen-bond donors (Lipinski definition) is 1. The molecular formula is C23H31N3O. The molecule has 1 unspecified atom stereocenters. The summed E-state index contributed by atoms with van der Waals surface area (Å²) in [6.07, 6.45) is 7.75. The Bertz CT molecular complexity index is 787. The summed E-state index contributed by atoms with van der Waals surface area (Å²) in [7, 11) is 2.18. The molecule has 4 aliphatic rings. The van der Waals surface area contributed by atoms with E-state index in [1.807, 2.05) is 0 Å². The van der Waals surface area contributed by atoms with Gasteiger partial charge in [0.15, 0.2) is 0 Å². The SMILES string of the molecule is CC1CC=C(c2ccc3c(c2)CN(C2CCN(C)CC2)C(=O)C32CC2)NC1. The summed E-state index contributed by atoms with van der Waals surface area (Å²) < 4.78 is 0. The van der Waals surface area contributed by atoms with Crippen molar-refractivity contribution in [3.8, 4) is 0 Å². The van der Waals surface area contributed by atoms with Crippen molar-refractivity contribution in [2.24, 2.45) is 5.92 Å². The minimum absolute atomic E-state index is 0.196. The van der Waals surface area contributed by atoms with Gasteiger partial charge in [0.25, 0.3) is 0 Å². The lowest BCUT2D eigenvalue weighted by atomic mass is 9.83. The molecule has 1 aliphatic carbocycles. The van der Waals surface area contributed by atoms with Gasteiger partial charge in [0.1, 0.15) is 0 Å². The molecule has 0 bridgehead atoms. The molecule has 4 heteroatoms. The van der Waals surface area contributed by atoms with Crippen LogP contribution in [-0.2, 0) is 16.8 Å². The van der Waals surface area contributed by atoms with Gasteiger partial charge in [0.05, 0.1) is 5.41 Å². The molecular weight excluding hydrogens is 334 g/mol. The Kier molecular flexibility index (Phi) is 4.08. The molecule has 0 aromatic heterocycles. The van der Waals surface area contributed by atoms with Crippen LogP contribution >= 0.6 is 0 Å². The van der Waals surface area contributed by atoms with Crippen LogP contribution in [-0.4, -0.2) is 48.4 Å². The molecule has 27 heavy (non-hydrogen) atoms. The number of rotatable bonds is 2. The number of benzene rings is 1. The predicted octanol–water partition coefficient (Wildman–Crippen LogP) is 3.12. The molecule has 1 aromatic rings. The van der Waals surface area contributed by atoms with E-state index in [1.54, 1.807) is 0 Å². The fourth-order valence-electron chi connectivity index (χ4n) is 5.19. The van der Waals surface area contributed by atoms with E-state index in [-0.39, 0.29) is 5.41 Å². The number of carbonyl (C=O) groups is 1. The molecule has 144 valence electrons. The third kappa shape index (κ3) is 2.89. The highest BCUT2D eigenvalue weighted by Crippen LogP contribution is 2.54. The van der Waals surface area contributed by atoms with E-state index in [9.17, 15) is 4.79 Å². The zero-order valence-corrected chi connectivity index (χ0v) is 16.6. The van der Waals surface area contributed by atoms with Crippen LogP contribution in [0.3, 0.4) is 0 Å². The lowest BCUT2D eigenvalue weighted by Gasteiger charge is -2.42. The quantitative estimate of drug-likeness (QED) is 0.875. The van der Waals surface area contributed by atoms with Crippen molar-refractivity contribution in [1.29, 1.82) is 0 Å². The molecule has 3 heterocycles. The summed E-state index contributed by atoms with van der Waals surface area (Å²) in [5.74, 6) is 1.11. The number of carbonyl (C=O) groups excluding carboxylic acids is 1. The van der Waals surface area contributed by atoms with Gasteiger partial charge in [-0.05, 0) is 80.9 Å². The number of likely N-dealkylation sites (tertiary alicyclic amines) is 1. The number of fused-ring (bicyclic) bond motifs is 2. The second kappa shape index (κ2) is 6.37. The van der Waals surface area contributed by atoms with Crippen molar-refractivity contribution in [2.45, 2.75) is 57.0 Å². The molecule has 3 aliphatic heterocycles. The van der Waals surface area contributed by atoms with Crippen molar-refractivity contribution in [3.05, 3.63) is 41.0 Å². The predicted molar refractivity (Wildman–Crippen MR) is 108 cm³/mol. The zero-order chi connectivity index (χ0) is 18.6. The van der Waals surface area contributed by atoms with Crippen LogP contribution in [0.1, 0.15) is 55.7 Å². The van der Waals surface area contributed by atoms with E-state index in [0.717, 1.165) is 58.3 Å². The Balaban J connectivity index is 1.46. The van der Waals surface area contributed by atoms with Crippen LogP contribution in [0, 0.1) is 5.92 Å². The van der Waals surface area contributed by atoms with Gasteiger partial charge in [-0.25, -0.2) is 0 Å². The minimum Gasteiger partial charge on any atom is -0.385 e. The lowest BCUT2D eigenvalue weighted by Crippen LogP contribution is -2.52. The third-order valence-corrected chi connectivity index (χ3v) is 7.19. The van der Waals surface area contributed by atoms with E-state index in [2.05, 4.69) is 53.4 Å². The van der Waals surface area contributed by atoms with Crippen LogP contribution < -0.4 is 5.32 Å². The normalized spacial score (nSPS) is 27.9. The van der Waals surface area contributed by atoms with E-state index in [0.29, 0.717) is 17.9 Å². The molecule has 1 saturated carbocycles. The molecule has 1 aromatic carbocycles. The Hall–Kier alpha value is -1.81. The summed E-state index contributed by atoms with van der Waals surface area (Å²) in [4.78, 5) is 18.0. The van der Waals surface area contributed by atoms with Crippen molar-refractivity contribution < 1.29 is 4.79 Å². The second-order valence-corrected chi connectivity index (χ2v) is 9.26. The monoisotopic (exact) mass is 365 g/mol. The highest BCUT2D eigenvalue weighted by molar-refractivity contribution is 5.93. The van der Waals surface area contributed by atoms with Crippen molar-refractivity contribution in [1.82, 2.24) is 15.1 Å². The van der Waals surface area contributed by atoms with E-state index < -0.39 is 0 Å². The number of amides is 1. The molecule has 4 nitrogen and oxygen atoms in total. The number of piperidine rings is 1. The Morgan fingerprint density at radius 2 is 1.96 bits per heavy atom. The Morgan fingerprint density at radius 3 is 2.63 bits per heavy atom. The van der Waals surface area contributed by atoms with Gasteiger partial charge in [-0.3, -0.25) is 4.79 Å². The van der Waals surface area contributed by atoms with Gasteiger partial charge in [-0.15, -0.1) is 0 Å². The Morgan fingerprint density at radius 1 is 1.19 bits per heavy atom. The first-order valence-electron chi connectivity index (χ1n) is 10.6. The van der Waals surface area contributed by atoms with Gasteiger partial charge >= 0.3 is 0 Å². The van der Waals surface area contributed by atoms with E-state index in [1.165, 1.54) is 22.4 Å². The molecule has 1 saturated heterocycles. The standard InChI is InChI=1S/C23H31N3O/c1-16-3-6-21(24-14-16)17-4-5-20-18(13-17)15-26(22(27)23(20)9-10-23)19-7-11-25(2)12-8-19/h4-6,13,16,19,24H,3,7-12,14-15H2,1-2H3. The average Bonchev–Trinajstić information content (AvgIpc) is 3.48. The van der Waals surface area contributed by atoms with Crippen LogP contribution in [0.5, 0.6) is 0 Å². The number of allylic oxidation sites excluding steroid dienone is 1. The van der Waals surface area contributed by atoms with E-state index in [4.69, 9.17) is 0 Å². The first-order chi connectivity index (χ1) is 13.1. The maximum Gasteiger partial charge on any atom is 0.233 e. The fourth-order valence-corrected chi connectivity index (χ4v) is 5.19. The molecule has 1 amide bonds. The van der Waals surface area contributed by atoms with Gasteiger partial charge < -0.3 is 15.1 Å². The largest absolute Gasteiger partial charge is 0.385 e. The molecule has 1 spiro atoms. The molecule has 1 atom stereocenters. The second-order valence-electron chi connectivity index (χ2n) is 9.26. The van der Waals surface area contributed by atoms with Crippen LogP contribution in [0.15, 0.2) is 24.3 Å². The highest BCUT2D eigenvalue weighted by Gasteiger charge is 2.57. The van der Waals surface area contributed by atoms with Crippen LogP contribution in [0.25, 0.3) is 5.70 Å². The van der Waals surface area contributed by atoms with E-state index >= 15 is 0 Å². The minimum atomic E-state index is -0.196. The summed E-state index contributed by atoms with van der Waals surface area (Å²) in [6.45, 7) is 6.33. The summed E-state index contributed by atoms with van der Waals surface area (Å²) in [5, 5.41) is 3.59. The molecule has 0 radical (unpaired) electrons. The number of nitrogens with zero attached hydrogens (tertiary/aromatic N) is 2. The molecule has 5 rings (SSSR count). The summed E-state index contributed by atoms with van der Waals surface area (Å²) in [6, 6.07) is 7.25. The number of nitrogens with one attached hydrogen (secondary N) is 1. The van der Waals surface area contributed by atoms with Crippen molar-refractivity contribution in [2.75, 3.05) is 26.7 Å². The first kappa shape index (κ1) is 17.3.